The molecule has 1 heterocycles. The van der Waals surface area contributed by atoms with Gasteiger partial charge in [-0.25, -0.2) is 0 Å². The van der Waals surface area contributed by atoms with Crippen molar-refractivity contribution in [2.75, 3.05) is 0 Å². The Hall–Kier alpha value is -5.66. The minimum Gasteiger partial charge on any atom is -0.354 e. The quantitative estimate of drug-likeness (QED) is 0.213. The average Bonchev–Trinajstić information content (AvgIpc) is 3.47. The molecular weight excluding hydrogens is 518 g/mol. The van der Waals surface area contributed by atoms with E-state index in [2.05, 4.69) is 163 Å². The third-order valence-electron chi connectivity index (χ3n) is 9.00. The molecule has 1 N–H and O–H groups in total. The molecule has 0 spiro atoms. The van der Waals surface area contributed by atoms with Crippen LogP contribution in [0.25, 0.3) is 87.5 Å². The first-order valence-electron chi connectivity index (χ1n) is 14.9. The van der Waals surface area contributed by atoms with Gasteiger partial charge in [0.15, 0.2) is 0 Å². The van der Waals surface area contributed by atoms with Crippen molar-refractivity contribution in [3.8, 4) is 33.4 Å². The van der Waals surface area contributed by atoms with E-state index in [0.29, 0.717) is 0 Å². The maximum absolute atomic E-state index is 3.78. The van der Waals surface area contributed by atoms with Crippen LogP contribution in [0.1, 0.15) is 0 Å². The Morgan fingerprint density at radius 1 is 0.326 bits per heavy atom. The van der Waals surface area contributed by atoms with Crippen molar-refractivity contribution in [3.05, 3.63) is 158 Å². The van der Waals surface area contributed by atoms with Crippen molar-refractivity contribution in [2.45, 2.75) is 0 Å². The number of aromatic amines is 1. The normalized spacial score (nSPS) is 11.7. The monoisotopic (exact) mass is 545 g/mol. The third kappa shape index (κ3) is 3.65. The number of fused-ring (bicyclic) bond motifs is 7. The molecule has 0 atom stereocenters. The summed E-state index contributed by atoms with van der Waals surface area (Å²) in [6, 6.07) is 57.4. The van der Waals surface area contributed by atoms with Crippen molar-refractivity contribution >= 4 is 54.1 Å². The van der Waals surface area contributed by atoms with Gasteiger partial charge in [0, 0.05) is 21.7 Å². The van der Waals surface area contributed by atoms with Crippen LogP contribution in [0.3, 0.4) is 0 Å². The lowest BCUT2D eigenvalue weighted by molar-refractivity contribution is 1.56. The van der Waals surface area contributed by atoms with E-state index in [1.54, 1.807) is 0 Å². The first-order valence-corrected chi connectivity index (χ1v) is 14.9. The SMILES string of the molecule is c1ccc(-c2ccc(-c3c4ccccc4c(-c4cccc5[nH]c6c7ccccc7ccc6c45)c4ccccc34)cc2)cc1. The lowest BCUT2D eigenvalue weighted by Gasteiger charge is -2.18. The summed E-state index contributed by atoms with van der Waals surface area (Å²) < 4.78 is 0. The van der Waals surface area contributed by atoms with Gasteiger partial charge >= 0.3 is 0 Å². The number of hydrogen-bond acceptors (Lipinski definition) is 0. The molecule has 1 heteroatoms. The Kier molecular flexibility index (Phi) is 5.27. The van der Waals surface area contributed by atoms with E-state index in [4.69, 9.17) is 0 Å². The highest BCUT2D eigenvalue weighted by atomic mass is 14.7. The van der Waals surface area contributed by atoms with Gasteiger partial charge in [-0.3, -0.25) is 0 Å². The van der Waals surface area contributed by atoms with Crippen molar-refractivity contribution < 1.29 is 0 Å². The standard InChI is InChI=1S/C42H27N/c1-2-11-27(12-3-1)28-21-23-30(24-22-28)39-32-15-6-8-17-34(32)40(35-18-9-7-16-33(35)39)36-19-10-20-38-41(36)37-26-25-29-13-4-5-14-31(29)42(37)43-38/h1-26,43H. The molecule has 0 aliphatic carbocycles. The Morgan fingerprint density at radius 2 is 0.884 bits per heavy atom. The Balaban J connectivity index is 1.35. The zero-order valence-corrected chi connectivity index (χ0v) is 23.5. The highest BCUT2D eigenvalue weighted by Gasteiger charge is 2.19. The second kappa shape index (κ2) is 9.44. The van der Waals surface area contributed by atoms with Gasteiger partial charge in [0.2, 0.25) is 0 Å². The lowest BCUT2D eigenvalue weighted by Crippen LogP contribution is -1.91. The molecule has 43 heavy (non-hydrogen) atoms. The van der Waals surface area contributed by atoms with Gasteiger partial charge in [-0.2, -0.15) is 0 Å². The van der Waals surface area contributed by atoms with E-state index >= 15 is 0 Å². The highest BCUT2D eigenvalue weighted by molar-refractivity contribution is 6.27. The minimum absolute atomic E-state index is 1.16. The minimum atomic E-state index is 1.16. The van der Waals surface area contributed by atoms with Crippen LogP contribution in [0.4, 0.5) is 0 Å². The maximum Gasteiger partial charge on any atom is 0.0544 e. The van der Waals surface area contributed by atoms with E-state index in [9.17, 15) is 0 Å². The molecule has 0 fully saturated rings. The van der Waals surface area contributed by atoms with Crippen LogP contribution in [0, 0.1) is 0 Å². The summed E-state index contributed by atoms with van der Waals surface area (Å²) in [5.74, 6) is 0. The van der Waals surface area contributed by atoms with Crippen LogP contribution >= 0.6 is 0 Å². The molecule has 9 rings (SSSR count). The van der Waals surface area contributed by atoms with Crippen LogP contribution in [0.5, 0.6) is 0 Å². The summed E-state index contributed by atoms with van der Waals surface area (Å²) in [5.41, 5.74) is 9.89. The van der Waals surface area contributed by atoms with Crippen LogP contribution in [-0.4, -0.2) is 4.98 Å². The molecule has 0 saturated carbocycles. The molecule has 0 aliphatic rings. The number of hydrogen-bond donors (Lipinski definition) is 1. The van der Waals surface area contributed by atoms with E-state index in [-0.39, 0.29) is 0 Å². The van der Waals surface area contributed by atoms with Crippen LogP contribution < -0.4 is 0 Å². The van der Waals surface area contributed by atoms with Gasteiger partial charge in [-0.1, -0.05) is 152 Å². The maximum atomic E-state index is 3.78. The van der Waals surface area contributed by atoms with Gasteiger partial charge in [-0.15, -0.1) is 0 Å². The largest absolute Gasteiger partial charge is 0.354 e. The molecule has 0 unspecified atom stereocenters. The summed E-state index contributed by atoms with van der Waals surface area (Å²) in [6.45, 7) is 0. The fourth-order valence-electron chi connectivity index (χ4n) is 7.09. The zero-order chi connectivity index (χ0) is 28.3. The molecular formula is C42H27N. The molecule has 1 nitrogen and oxygen atoms in total. The van der Waals surface area contributed by atoms with Crippen LogP contribution in [0.2, 0.25) is 0 Å². The Morgan fingerprint density at radius 3 is 1.58 bits per heavy atom. The Labute approximate surface area is 249 Å². The smallest absolute Gasteiger partial charge is 0.0544 e. The molecule has 0 amide bonds. The van der Waals surface area contributed by atoms with E-state index in [1.807, 2.05) is 0 Å². The fraction of sp³-hybridized carbons (Fsp3) is 0. The fourth-order valence-corrected chi connectivity index (χ4v) is 7.09. The number of nitrogens with one attached hydrogen (secondary N) is 1. The van der Waals surface area contributed by atoms with E-state index in [0.717, 1.165) is 5.52 Å². The first kappa shape index (κ1) is 24.0. The molecule has 200 valence electrons. The topological polar surface area (TPSA) is 15.8 Å². The van der Waals surface area contributed by atoms with Crippen LogP contribution in [0.15, 0.2) is 158 Å². The predicted molar refractivity (Wildman–Crippen MR) is 185 cm³/mol. The number of benzene rings is 8. The van der Waals surface area contributed by atoms with Crippen molar-refractivity contribution in [1.29, 1.82) is 0 Å². The number of H-pyrrole nitrogens is 1. The van der Waals surface area contributed by atoms with Gasteiger partial charge in [0.1, 0.15) is 0 Å². The van der Waals surface area contributed by atoms with Gasteiger partial charge < -0.3 is 4.98 Å². The average molecular weight is 546 g/mol. The Bertz CT molecular complexity index is 2420. The lowest BCUT2D eigenvalue weighted by atomic mass is 9.84. The highest BCUT2D eigenvalue weighted by Crippen LogP contribution is 2.47. The first-order chi connectivity index (χ1) is 21.3. The summed E-state index contributed by atoms with van der Waals surface area (Å²) in [5, 5.41) is 10.1. The molecule has 0 bridgehead atoms. The van der Waals surface area contributed by atoms with Gasteiger partial charge in [0.05, 0.1) is 5.52 Å². The van der Waals surface area contributed by atoms with E-state index < -0.39 is 0 Å². The van der Waals surface area contributed by atoms with Crippen molar-refractivity contribution in [1.82, 2.24) is 4.98 Å². The zero-order valence-electron chi connectivity index (χ0n) is 23.5. The summed E-state index contributed by atoms with van der Waals surface area (Å²) >= 11 is 0. The van der Waals surface area contributed by atoms with Crippen molar-refractivity contribution in [2.24, 2.45) is 0 Å². The second-order valence-electron chi connectivity index (χ2n) is 11.3. The van der Waals surface area contributed by atoms with Crippen LogP contribution in [-0.2, 0) is 0 Å². The van der Waals surface area contributed by atoms with Gasteiger partial charge in [0.25, 0.3) is 0 Å². The molecule has 0 aliphatic heterocycles. The predicted octanol–water partition coefficient (Wildman–Crippen LogP) is 11.8. The van der Waals surface area contributed by atoms with Gasteiger partial charge in [-0.05, 0) is 66.4 Å². The number of rotatable bonds is 3. The number of aromatic nitrogens is 1. The molecule has 8 aromatic carbocycles. The molecule has 0 saturated heterocycles. The summed E-state index contributed by atoms with van der Waals surface area (Å²) in [7, 11) is 0. The molecule has 1 aromatic heterocycles. The van der Waals surface area contributed by atoms with E-state index in [1.165, 1.54) is 82.0 Å². The third-order valence-corrected chi connectivity index (χ3v) is 9.00. The molecule has 0 radical (unpaired) electrons. The van der Waals surface area contributed by atoms with Crippen molar-refractivity contribution in [3.63, 3.8) is 0 Å². The summed E-state index contributed by atoms with van der Waals surface area (Å²) in [4.78, 5) is 3.78. The summed E-state index contributed by atoms with van der Waals surface area (Å²) in [6.07, 6.45) is 0. The second-order valence-corrected chi connectivity index (χ2v) is 11.3. The molecule has 9 aromatic rings.